The summed E-state index contributed by atoms with van der Waals surface area (Å²) in [6, 6.07) is 0. The van der Waals surface area contributed by atoms with E-state index in [0.717, 1.165) is 5.25 Å². The normalized spacial score (nSPS) is 23.4. The van der Waals surface area contributed by atoms with Crippen LogP contribution >= 0.6 is 11.8 Å². The number of aliphatic hydroxyl groups excluding tert-OH is 1. The largest absolute Gasteiger partial charge is 0.395 e. The van der Waals surface area contributed by atoms with Gasteiger partial charge in [-0.25, -0.2) is 0 Å². The molecule has 0 spiro atoms. The van der Waals surface area contributed by atoms with Gasteiger partial charge in [-0.2, -0.15) is 11.8 Å². The van der Waals surface area contributed by atoms with Crippen molar-refractivity contribution in [1.29, 1.82) is 0 Å². The highest BCUT2D eigenvalue weighted by Gasteiger charge is 2.17. The van der Waals surface area contributed by atoms with E-state index in [4.69, 9.17) is 5.11 Å². The van der Waals surface area contributed by atoms with Crippen molar-refractivity contribution in [3.8, 4) is 0 Å². The van der Waals surface area contributed by atoms with Crippen molar-refractivity contribution in [3.63, 3.8) is 0 Å². The summed E-state index contributed by atoms with van der Waals surface area (Å²) >= 11 is 1.96. The van der Waals surface area contributed by atoms with Gasteiger partial charge in [0, 0.05) is 10.5 Å². The molecule has 0 aliphatic heterocycles. The lowest BCUT2D eigenvalue weighted by molar-refractivity contribution is 0.299. The second kappa shape index (κ2) is 4.24. The molecule has 1 atom stereocenters. The van der Waals surface area contributed by atoms with Crippen LogP contribution in [0.5, 0.6) is 0 Å². The Balaban J connectivity index is 2.11. The van der Waals surface area contributed by atoms with Crippen molar-refractivity contribution in [1.82, 2.24) is 0 Å². The molecule has 1 N–H and O–H groups in total. The molecule has 1 nitrogen and oxygen atoms in total. The van der Waals surface area contributed by atoms with Crippen LogP contribution in [0.2, 0.25) is 0 Å². The summed E-state index contributed by atoms with van der Waals surface area (Å²) in [4.78, 5) is 0. The zero-order valence-electron chi connectivity index (χ0n) is 6.55. The van der Waals surface area contributed by atoms with Gasteiger partial charge in [0.1, 0.15) is 0 Å². The standard InChI is InChI=1S/C8H16OS/c1-7(6-9)10-8-4-2-3-5-8/h7-9H,2-6H2,1H3. The SMILES string of the molecule is CC(CO)SC1CCCC1. The Bertz CT molecular complexity index is 89.3. The van der Waals surface area contributed by atoms with Crippen LogP contribution in [0.25, 0.3) is 0 Å². The Hall–Kier alpha value is 0.310. The van der Waals surface area contributed by atoms with E-state index in [1.165, 1.54) is 25.7 Å². The molecule has 0 radical (unpaired) electrons. The third-order valence-electron chi connectivity index (χ3n) is 1.98. The summed E-state index contributed by atoms with van der Waals surface area (Å²) in [5.41, 5.74) is 0. The highest BCUT2D eigenvalue weighted by molar-refractivity contribution is 8.00. The number of hydrogen-bond donors (Lipinski definition) is 1. The molecule has 0 heterocycles. The molecule has 1 unspecified atom stereocenters. The van der Waals surface area contributed by atoms with Crippen molar-refractivity contribution in [3.05, 3.63) is 0 Å². The minimum atomic E-state index is 0.334. The zero-order chi connectivity index (χ0) is 7.40. The van der Waals surface area contributed by atoms with Gasteiger partial charge in [0.05, 0.1) is 6.61 Å². The van der Waals surface area contributed by atoms with Crippen LogP contribution in [0.4, 0.5) is 0 Å². The van der Waals surface area contributed by atoms with Gasteiger partial charge in [-0.05, 0) is 12.8 Å². The van der Waals surface area contributed by atoms with E-state index in [0.29, 0.717) is 11.9 Å². The van der Waals surface area contributed by atoms with Gasteiger partial charge >= 0.3 is 0 Å². The molecule has 1 saturated carbocycles. The van der Waals surface area contributed by atoms with Crippen molar-refractivity contribution in [2.75, 3.05) is 6.61 Å². The van der Waals surface area contributed by atoms with Crippen molar-refractivity contribution in [2.24, 2.45) is 0 Å². The minimum absolute atomic E-state index is 0.334. The summed E-state index contributed by atoms with van der Waals surface area (Å²) in [5, 5.41) is 10.1. The van der Waals surface area contributed by atoms with Gasteiger partial charge in [-0.15, -0.1) is 0 Å². The Morgan fingerprint density at radius 2 is 2.10 bits per heavy atom. The smallest absolute Gasteiger partial charge is 0.0547 e. The van der Waals surface area contributed by atoms with Gasteiger partial charge in [0.2, 0.25) is 0 Å². The highest BCUT2D eigenvalue weighted by Crippen LogP contribution is 2.31. The topological polar surface area (TPSA) is 20.2 Å². The first-order valence-electron chi connectivity index (χ1n) is 4.09. The van der Waals surface area contributed by atoms with Crippen LogP contribution < -0.4 is 0 Å². The number of aliphatic hydroxyl groups is 1. The lowest BCUT2D eigenvalue weighted by Gasteiger charge is -2.12. The second-order valence-electron chi connectivity index (χ2n) is 3.04. The summed E-state index contributed by atoms with van der Waals surface area (Å²) in [6.45, 7) is 2.43. The molecule has 0 bridgehead atoms. The lowest BCUT2D eigenvalue weighted by Crippen LogP contribution is -2.08. The van der Waals surface area contributed by atoms with Gasteiger partial charge in [0.25, 0.3) is 0 Å². The third-order valence-corrected chi connectivity index (χ3v) is 3.45. The van der Waals surface area contributed by atoms with Crippen LogP contribution in [-0.2, 0) is 0 Å². The Morgan fingerprint density at radius 1 is 1.50 bits per heavy atom. The first kappa shape index (κ1) is 8.41. The van der Waals surface area contributed by atoms with Crippen LogP contribution in [0.1, 0.15) is 32.6 Å². The van der Waals surface area contributed by atoms with E-state index >= 15 is 0 Å². The van der Waals surface area contributed by atoms with E-state index in [1.54, 1.807) is 0 Å². The fourth-order valence-electron chi connectivity index (χ4n) is 1.40. The van der Waals surface area contributed by atoms with Gasteiger partial charge in [0.15, 0.2) is 0 Å². The molecular formula is C8H16OS. The molecule has 2 heteroatoms. The molecule has 10 heavy (non-hydrogen) atoms. The van der Waals surface area contributed by atoms with Gasteiger partial charge < -0.3 is 5.11 Å². The van der Waals surface area contributed by atoms with Crippen molar-refractivity contribution < 1.29 is 5.11 Å². The summed E-state index contributed by atoms with van der Waals surface area (Å²) in [6.07, 6.45) is 5.54. The van der Waals surface area contributed by atoms with Crippen LogP contribution in [0.15, 0.2) is 0 Å². The highest BCUT2D eigenvalue weighted by atomic mass is 32.2. The predicted molar refractivity (Wildman–Crippen MR) is 46.4 cm³/mol. The monoisotopic (exact) mass is 160 g/mol. The van der Waals surface area contributed by atoms with E-state index in [9.17, 15) is 0 Å². The number of rotatable bonds is 3. The van der Waals surface area contributed by atoms with Crippen LogP contribution in [0, 0.1) is 0 Å². The molecule has 0 aromatic rings. The quantitative estimate of drug-likeness (QED) is 0.682. The molecule has 1 fully saturated rings. The second-order valence-corrected chi connectivity index (χ2v) is 4.78. The van der Waals surface area contributed by atoms with Gasteiger partial charge in [-0.1, -0.05) is 19.8 Å². The molecule has 0 aromatic heterocycles. The first-order chi connectivity index (χ1) is 4.83. The maximum absolute atomic E-state index is 8.77. The fraction of sp³-hybridized carbons (Fsp3) is 1.00. The summed E-state index contributed by atoms with van der Waals surface area (Å²) in [7, 11) is 0. The molecule has 1 aliphatic rings. The van der Waals surface area contributed by atoms with E-state index in [-0.39, 0.29) is 0 Å². The Labute approximate surface area is 67.2 Å². The fourth-order valence-corrected chi connectivity index (χ4v) is 2.74. The molecule has 1 aliphatic carbocycles. The lowest BCUT2D eigenvalue weighted by atomic mass is 10.4. The van der Waals surface area contributed by atoms with E-state index < -0.39 is 0 Å². The Morgan fingerprint density at radius 3 is 2.60 bits per heavy atom. The summed E-state index contributed by atoms with van der Waals surface area (Å²) in [5.74, 6) is 0. The average molecular weight is 160 g/mol. The number of hydrogen-bond acceptors (Lipinski definition) is 2. The first-order valence-corrected chi connectivity index (χ1v) is 5.03. The molecular weight excluding hydrogens is 144 g/mol. The Kier molecular flexibility index (Phi) is 3.57. The predicted octanol–water partition coefficient (Wildman–Crippen LogP) is 2.04. The molecule has 0 aromatic carbocycles. The van der Waals surface area contributed by atoms with Gasteiger partial charge in [-0.3, -0.25) is 0 Å². The maximum Gasteiger partial charge on any atom is 0.0547 e. The maximum atomic E-state index is 8.77. The summed E-state index contributed by atoms with van der Waals surface area (Å²) < 4.78 is 0. The minimum Gasteiger partial charge on any atom is -0.395 e. The van der Waals surface area contributed by atoms with Crippen LogP contribution in [-0.4, -0.2) is 22.2 Å². The van der Waals surface area contributed by atoms with E-state index in [2.05, 4.69) is 6.92 Å². The molecule has 60 valence electrons. The third kappa shape index (κ3) is 2.51. The molecule has 0 saturated heterocycles. The molecule has 1 rings (SSSR count). The number of thioether (sulfide) groups is 1. The molecule has 0 amide bonds. The zero-order valence-corrected chi connectivity index (χ0v) is 7.36. The average Bonchev–Trinajstić information content (AvgIpc) is 2.40. The van der Waals surface area contributed by atoms with Crippen molar-refractivity contribution in [2.45, 2.75) is 43.1 Å². The van der Waals surface area contributed by atoms with E-state index in [1.807, 2.05) is 11.8 Å². The van der Waals surface area contributed by atoms with Crippen LogP contribution in [0.3, 0.4) is 0 Å². The van der Waals surface area contributed by atoms with Crippen molar-refractivity contribution >= 4 is 11.8 Å².